The first-order valence-electron chi connectivity index (χ1n) is 6.30. The van der Waals surface area contributed by atoms with Gasteiger partial charge in [0.1, 0.15) is 0 Å². The molecule has 0 bridgehead atoms. The summed E-state index contributed by atoms with van der Waals surface area (Å²) in [6, 6.07) is 0. The van der Waals surface area contributed by atoms with Gasteiger partial charge in [-0.25, -0.2) is 4.98 Å². The number of piperidine rings is 1. The van der Waals surface area contributed by atoms with E-state index in [0.717, 1.165) is 44.3 Å². The molecule has 0 amide bonds. The van der Waals surface area contributed by atoms with E-state index in [1.54, 1.807) is 11.3 Å². The van der Waals surface area contributed by atoms with Gasteiger partial charge in [-0.05, 0) is 0 Å². The summed E-state index contributed by atoms with van der Waals surface area (Å²) in [5, 5.41) is 3.13. The van der Waals surface area contributed by atoms with E-state index >= 15 is 0 Å². The van der Waals surface area contributed by atoms with Crippen molar-refractivity contribution in [3.8, 4) is 0 Å². The molecule has 0 unspecified atom stereocenters. The zero-order valence-electron chi connectivity index (χ0n) is 10.5. The van der Waals surface area contributed by atoms with E-state index in [2.05, 4.69) is 9.88 Å². The molecule has 2 aliphatic rings. The second-order valence-electron chi connectivity index (χ2n) is 3.91. The highest BCUT2D eigenvalue weighted by Gasteiger charge is 2.40. The second-order valence-corrected chi connectivity index (χ2v) is 4.78. The molecule has 3 rings (SSSR count). The lowest BCUT2D eigenvalue weighted by atomic mass is 10.0. The summed E-state index contributed by atoms with van der Waals surface area (Å²) in [6.07, 6.45) is 3.76. The van der Waals surface area contributed by atoms with Crippen LogP contribution in [-0.2, 0) is 9.47 Å². The number of anilines is 1. The minimum atomic E-state index is -0.270. The van der Waals surface area contributed by atoms with E-state index < -0.39 is 0 Å². The largest absolute Gasteiger partial charge is 0.348 e. The minimum absolute atomic E-state index is 0.270. The maximum absolute atomic E-state index is 5.68. The number of hydrogen-bond donors (Lipinski definition) is 0. The molecule has 2 saturated heterocycles. The van der Waals surface area contributed by atoms with Crippen molar-refractivity contribution in [2.45, 2.75) is 32.5 Å². The average Bonchev–Trinajstić information content (AvgIpc) is 3.05. The fourth-order valence-electron chi connectivity index (χ4n) is 2.20. The highest BCUT2D eigenvalue weighted by Crippen LogP contribution is 2.33. The molecule has 0 atom stereocenters. The van der Waals surface area contributed by atoms with Crippen LogP contribution in [0.25, 0.3) is 0 Å². The van der Waals surface area contributed by atoms with Crippen LogP contribution in [0.5, 0.6) is 0 Å². The summed E-state index contributed by atoms with van der Waals surface area (Å²) >= 11 is 1.69. The van der Waals surface area contributed by atoms with Crippen LogP contribution in [0.3, 0.4) is 0 Å². The maximum atomic E-state index is 5.68. The van der Waals surface area contributed by atoms with Crippen molar-refractivity contribution in [3.63, 3.8) is 0 Å². The molecule has 0 aromatic carbocycles. The Morgan fingerprint density at radius 2 is 1.88 bits per heavy atom. The Bertz CT molecular complexity index is 313. The molecule has 0 aliphatic carbocycles. The first-order valence-corrected chi connectivity index (χ1v) is 7.18. The van der Waals surface area contributed by atoms with Gasteiger partial charge in [-0.3, -0.25) is 0 Å². The van der Waals surface area contributed by atoms with Gasteiger partial charge in [0.25, 0.3) is 0 Å². The molecule has 2 aliphatic heterocycles. The number of thiazole rings is 1. The first-order chi connectivity index (χ1) is 8.38. The minimum Gasteiger partial charge on any atom is -0.348 e. The molecule has 0 radical (unpaired) electrons. The summed E-state index contributed by atoms with van der Waals surface area (Å²) in [5.41, 5.74) is 0. The van der Waals surface area contributed by atoms with Gasteiger partial charge in [0.05, 0.1) is 13.2 Å². The van der Waals surface area contributed by atoms with Crippen LogP contribution in [0, 0.1) is 0 Å². The molecule has 1 aromatic rings. The third kappa shape index (κ3) is 2.78. The van der Waals surface area contributed by atoms with Crippen LogP contribution in [-0.4, -0.2) is 37.1 Å². The van der Waals surface area contributed by atoms with Crippen LogP contribution >= 0.6 is 11.3 Å². The van der Waals surface area contributed by atoms with Crippen LogP contribution < -0.4 is 4.90 Å². The van der Waals surface area contributed by atoms with E-state index in [0.29, 0.717) is 0 Å². The third-order valence-electron chi connectivity index (χ3n) is 3.03. The number of nitrogens with zero attached hydrogens (tertiary/aromatic N) is 2. The molecule has 3 heterocycles. The summed E-state index contributed by atoms with van der Waals surface area (Å²) < 4.78 is 11.4. The zero-order chi connectivity index (χ0) is 12.1. The Labute approximate surface area is 107 Å². The van der Waals surface area contributed by atoms with Gasteiger partial charge in [0, 0.05) is 37.5 Å². The van der Waals surface area contributed by atoms with Crippen LogP contribution in [0.15, 0.2) is 11.6 Å². The lowest BCUT2D eigenvalue weighted by molar-refractivity contribution is -0.169. The number of ether oxygens (including phenoxy) is 2. The molecular formula is C12H20N2O2S. The standard InChI is InChI=1S/C10H14N2O2S.C2H6/c1-4-12(9-11-3-8-15-9)5-2-10(1)13-6-7-14-10;1-2/h3,8H,1-2,4-7H2;1-2H3. The Morgan fingerprint density at radius 1 is 1.24 bits per heavy atom. The van der Waals surface area contributed by atoms with Crippen molar-refractivity contribution in [2.24, 2.45) is 0 Å². The Hall–Kier alpha value is -0.650. The van der Waals surface area contributed by atoms with Gasteiger partial charge in [0.15, 0.2) is 10.9 Å². The van der Waals surface area contributed by atoms with Gasteiger partial charge in [-0.1, -0.05) is 13.8 Å². The predicted molar refractivity (Wildman–Crippen MR) is 69.5 cm³/mol. The van der Waals surface area contributed by atoms with Gasteiger partial charge in [-0.15, -0.1) is 11.3 Å². The number of aromatic nitrogens is 1. The summed E-state index contributed by atoms with van der Waals surface area (Å²) in [5.74, 6) is -0.270. The molecule has 2 fully saturated rings. The highest BCUT2D eigenvalue weighted by molar-refractivity contribution is 7.13. The lowest BCUT2D eigenvalue weighted by Gasteiger charge is -2.37. The molecule has 96 valence electrons. The van der Waals surface area contributed by atoms with E-state index in [1.807, 2.05) is 25.4 Å². The normalized spacial score (nSPS) is 22.4. The molecule has 1 spiro atoms. The van der Waals surface area contributed by atoms with Crippen LogP contribution in [0.4, 0.5) is 5.13 Å². The molecular weight excluding hydrogens is 236 g/mol. The van der Waals surface area contributed by atoms with Gasteiger partial charge in [0.2, 0.25) is 0 Å². The van der Waals surface area contributed by atoms with E-state index in [9.17, 15) is 0 Å². The Kier molecular flexibility index (Phi) is 4.36. The van der Waals surface area contributed by atoms with Crippen molar-refractivity contribution in [1.29, 1.82) is 0 Å². The molecule has 1 aromatic heterocycles. The maximum Gasteiger partial charge on any atom is 0.185 e. The SMILES string of the molecule is CC.c1csc(N2CCC3(CC2)OCCO3)n1. The van der Waals surface area contributed by atoms with Crippen molar-refractivity contribution in [2.75, 3.05) is 31.2 Å². The predicted octanol–water partition coefficient (Wildman–Crippen LogP) is 2.51. The topological polar surface area (TPSA) is 34.6 Å². The van der Waals surface area contributed by atoms with Crippen LogP contribution in [0.2, 0.25) is 0 Å². The fourth-order valence-corrected chi connectivity index (χ4v) is 2.89. The molecule has 4 nitrogen and oxygen atoms in total. The van der Waals surface area contributed by atoms with Crippen molar-refractivity contribution >= 4 is 16.5 Å². The lowest BCUT2D eigenvalue weighted by Crippen LogP contribution is -2.45. The monoisotopic (exact) mass is 256 g/mol. The fraction of sp³-hybridized carbons (Fsp3) is 0.750. The van der Waals surface area contributed by atoms with E-state index in [1.165, 1.54) is 0 Å². The average molecular weight is 256 g/mol. The van der Waals surface area contributed by atoms with Gasteiger partial charge < -0.3 is 14.4 Å². The molecule has 5 heteroatoms. The smallest absolute Gasteiger partial charge is 0.185 e. The summed E-state index contributed by atoms with van der Waals surface area (Å²) in [4.78, 5) is 6.62. The van der Waals surface area contributed by atoms with Crippen molar-refractivity contribution in [3.05, 3.63) is 11.6 Å². The quantitative estimate of drug-likeness (QED) is 0.773. The summed E-state index contributed by atoms with van der Waals surface area (Å²) in [6.45, 7) is 7.45. The molecule has 0 N–H and O–H groups in total. The first kappa shape index (κ1) is 12.8. The summed E-state index contributed by atoms with van der Waals surface area (Å²) in [7, 11) is 0. The van der Waals surface area contributed by atoms with Gasteiger partial charge in [-0.2, -0.15) is 0 Å². The number of hydrogen-bond acceptors (Lipinski definition) is 5. The third-order valence-corrected chi connectivity index (χ3v) is 3.86. The Balaban J connectivity index is 0.000000514. The van der Waals surface area contributed by atoms with E-state index in [4.69, 9.17) is 9.47 Å². The van der Waals surface area contributed by atoms with Crippen LogP contribution in [0.1, 0.15) is 26.7 Å². The van der Waals surface area contributed by atoms with Crippen molar-refractivity contribution < 1.29 is 9.47 Å². The second kappa shape index (κ2) is 5.80. The molecule has 0 saturated carbocycles. The highest BCUT2D eigenvalue weighted by atomic mass is 32.1. The Morgan fingerprint density at radius 3 is 2.41 bits per heavy atom. The number of rotatable bonds is 1. The molecule has 17 heavy (non-hydrogen) atoms. The van der Waals surface area contributed by atoms with Crippen molar-refractivity contribution in [1.82, 2.24) is 4.98 Å². The van der Waals surface area contributed by atoms with Gasteiger partial charge >= 0.3 is 0 Å². The zero-order valence-corrected chi connectivity index (χ0v) is 11.3. The van der Waals surface area contributed by atoms with E-state index in [-0.39, 0.29) is 5.79 Å².